The van der Waals surface area contributed by atoms with E-state index in [2.05, 4.69) is 10.6 Å². The lowest BCUT2D eigenvalue weighted by Gasteiger charge is -2.24. The maximum atomic E-state index is 13.2. The van der Waals surface area contributed by atoms with Gasteiger partial charge in [0.25, 0.3) is 5.69 Å². The Morgan fingerprint density at radius 3 is 2.84 bits per heavy atom. The molecule has 0 aliphatic carbocycles. The Morgan fingerprint density at radius 2 is 2.26 bits per heavy atom. The number of carbonyl (C=O) groups excluding carboxylic acids is 1. The number of anilines is 1. The van der Waals surface area contributed by atoms with E-state index >= 15 is 0 Å². The second kappa shape index (κ2) is 5.40. The Kier molecular flexibility index (Phi) is 3.84. The van der Waals surface area contributed by atoms with Crippen LogP contribution < -0.4 is 10.6 Å². The number of hydrogen-bond acceptors (Lipinski definition) is 4. The fourth-order valence-corrected chi connectivity index (χ4v) is 2.04. The number of carbonyl (C=O) groups is 1. The zero-order chi connectivity index (χ0) is 14.0. The molecule has 1 saturated heterocycles. The van der Waals surface area contributed by atoms with Crippen molar-refractivity contribution < 1.29 is 14.1 Å². The topological polar surface area (TPSA) is 84.3 Å². The van der Waals surface area contributed by atoms with Crippen LogP contribution in [-0.4, -0.2) is 23.4 Å². The van der Waals surface area contributed by atoms with Crippen molar-refractivity contribution in [2.45, 2.75) is 18.9 Å². The van der Waals surface area contributed by atoms with Gasteiger partial charge in [-0.15, -0.1) is 0 Å². The Balaban J connectivity index is 2.21. The van der Waals surface area contributed by atoms with E-state index in [0.29, 0.717) is 19.4 Å². The fraction of sp³-hybridized carbons (Fsp3) is 0.364. The van der Waals surface area contributed by atoms with Gasteiger partial charge in [0.1, 0.15) is 11.5 Å². The highest BCUT2D eigenvalue weighted by Crippen LogP contribution is 2.31. The average Bonchev–Trinajstić information content (AvgIpc) is 2.36. The number of nitro groups is 1. The molecular weight excluding hydrogens is 277 g/mol. The number of nitrogens with zero attached hydrogens (tertiary/aromatic N) is 1. The molecule has 0 radical (unpaired) electrons. The highest BCUT2D eigenvalue weighted by molar-refractivity contribution is 6.31. The molecule has 1 heterocycles. The van der Waals surface area contributed by atoms with Gasteiger partial charge in [-0.05, 0) is 12.5 Å². The molecule has 0 aromatic heterocycles. The minimum absolute atomic E-state index is 0.0512. The van der Waals surface area contributed by atoms with Gasteiger partial charge in [-0.1, -0.05) is 11.6 Å². The molecule has 0 bridgehead atoms. The van der Waals surface area contributed by atoms with E-state index in [9.17, 15) is 19.3 Å². The van der Waals surface area contributed by atoms with Crippen LogP contribution in [0.3, 0.4) is 0 Å². The lowest BCUT2D eigenvalue weighted by Crippen LogP contribution is -2.41. The van der Waals surface area contributed by atoms with Gasteiger partial charge < -0.3 is 10.6 Å². The van der Waals surface area contributed by atoms with Crippen molar-refractivity contribution in [2.75, 3.05) is 11.9 Å². The molecule has 19 heavy (non-hydrogen) atoms. The molecule has 1 unspecified atom stereocenters. The highest BCUT2D eigenvalue weighted by atomic mass is 35.5. The van der Waals surface area contributed by atoms with Gasteiger partial charge in [-0.25, -0.2) is 4.39 Å². The monoisotopic (exact) mass is 287 g/mol. The Bertz CT molecular complexity index is 528. The SMILES string of the molecule is O=C1CCC(Nc2cc(Cl)c(F)cc2[N+](=O)[O-])CN1. The molecular formula is C11H11ClFN3O3. The summed E-state index contributed by atoms with van der Waals surface area (Å²) in [6.45, 7) is 0.366. The van der Waals surface area contributed by atoms with Crippen LogP contribution in [0.25, 0.3) is 0 Å². The summed E-state index contributed by atoms with van der Waals surface area (Å²) in [7, 11) is 0. The molecule has 1 aliphatic rings. The first-order valence-electron chi connectivity index (χ1n) is 5.64. The molecule has 1 atom stereocenters. The van der Waals surface area contributed by atoms with Gasteiger partial charge in [-0.3, -0.25) is 14.9 Å². The van der Waals surface area contributed by atoms with Gasteiger partial charge >= 0.3 is 0 Å². The van der Waals surface area contributed by atoms with E-state index in [1.807, 2.05) is 0 Å². The van der Waals surface area contributed by atoms with Crippen LogP contribution in [0.5, 0.6) is 0 Å². The van der Waals surface area contributed by atoms with Crippen molar-refractivity contribution in [1.82, 2.24) is 5.32 Å². The van der Waals surface area contributed by atoms with Crippen LogP contribution in [0.1, 0.15) is 12.8 Å². The number of hydrogen-bond donors (Lipinski definition) is 2. The zero-order valence-corrected chi connectivity index (χ0v) is 10.5. The maximum absolute atomic E-state index is 13.2. The predicted molar refractivity (Wildman–Crippen MR) is 67.7 cm³/mol. The number of nitrogens with one attached hydrogen (secondary N) is 2. The van der Waals surface area contributed by atoms with Crippen molar-refractivity contribution >= 4 is 28.9 Å². The van der Waals surface area contributed by atoms with Crippen molar-refractivity contribution in [1.29, 1.82) is 0 Å². The van der Waals surface area contributed by atoms with Crippen molar-refractivity contribution in [3.05, 3.63) is 33.1 Å². The molecule has 6 nitrogen and oxygen atoms in total. The Morgan fingerprint density at radius 1 is 1.53 bits per heavy atom. The van der Waals surface area contributed by atoms with Crippen LogP contribution in [0.15, 0.2) is 12.1 Å². The normalized spacial score (nSPS) is 18.8. The lowest BCUT2D eigenvalue weighted by atomic mass is 10.1. The third-order valence-corrected chi connectivity index (χ3v) is 3.15. The second-order valence-electron chi connectivity index (χ2n) is 4.22. The summed E-state index contributed by atoms with van der Waals surface area (Å²) in [6, 6.07) is 1.83. The molecule has 1 aromatic carbocycles. The number of halogens is 2. The summed E-state index contributed by atoms with van der Waals surface area (Å²) in [4.78, 5) is 21.2. The Labute approximate surface area is 113 Å². The quantitative estimate of drug-likeness (QED) is 0.658. The third-order valence-electron chi connectivity index (χ3n) is 2.86. The van der Waals surface area contributed by atoms with Crippen molar-refractivity contribution in [3.63, 3.8) is 0 Å². The summed E-state index contributed by atoms with van der Waals surface area (Å²) >= 11 is 5.62. The molecule has 1 aliphatic heterocycles. The highest BCUT2D eigenvalue weighted by Gasteiger charge is 2.23. The van der Waals surface area contributed by atoms with E-state index in [-0.39, 0.29) is 28.3 Å². The minimum Gasteiger partial charge on any atom is -0.375 e. The molecule has 2 rings (SSSR count). The second-order valence-corrected chi connectivity index (χ2v) is 4.63. The van der Waals surface area contributed by atoms with Gasteiger partial charge in [0, 0.05) is 19.0 Å². The summed E-state index contributed by atoms with van der Waals surface area (Å²) in [5.41, 5.74) is -0.226. The molecule has 8 heteroatoms. The van der Waals surface area contributed by atoms with E-state index in [1.54, 1.807) is 0 Å². The molecule has 102 valence electrons. The zero-order valence-electron chi connectivity index (χ0n) is 9.78. The third kappa shape index (κ3) is 3.11. The first-order valence-corrected chi connectivity index (χ1v) is 6.02. The molecule has 1 amide bonds. The summed E-state index contributed by atoms with van der Waals surface area (Å²) in [5.74, 6) is -0.888. The van der Waals surface area contributed by atoms with Crippen molar-refractivity contribution in [2.24, 2.45) is 0 Å². The van der Waals surface area contributed by atoms with E-state index < -0.39 is 10.7 Å². The standard InChI is InChI=1S/C11H11ClFN3O3/c12-7-3-9(10(16(18)19)4-8(7)13)15-6-1-2-11(17)14-5-6/h3-4,6,15H,1-2,5H2,(H,14,17). The van der Waals surface area contributed by atoms with Crippen LogP contribution in [0.2, 0.25) is 5.02 Å². The smallest absolute Gasteiger partial charge is 0.295 e. The van der Waals surface area contributed by atoms with Crippen LogP contribution in [0.4, 0.5) is 15.8 Å². The fourth-order valence-electron chi connectivity index (χ4n) is 1.88. The van der Waals surface area contributed by atoms with Crippen LogP contribution >= 0.6 is 11.6 Å². The number of rotatable bonds is 3. The van der Waals surface area contributed by atoms with Crippen LogP contribution in [0, 0.1) is 15.9 Å². The van der Waals surface area contributed by atoms with E-state index in [1.165, 1.54) is 6.07 Å². The van der Waals surface area contributed by atoms with Gasteiger partial charge in [0.2, 0.25) is 5.91 Å². The Hall–Kier alpha value is -1.89. The predicted octanol–water partition coefficient (Wildman–Crippen LogP) is 2.08. The number of nitro benzene ring substituents is 1. The average molecular weight is 288 g/mol. The van der Waals surface area contributed by atoms with E-state index in [4.69, 9.17) is 11.6 Å². The molecule has 0 spiro atoms. The first kappa shape index (κ1) is 13.5. The summed E-state index contributed by atoms with van der Waals surface area (Å²) in [5, 5.41) is 16.2. The van der Waals surface area contributed by atoms with Gasteiger partial charge in [-0.2, -0.15) is 0 Å². The maximum Gasteiger partial charge on any atom is 0.295 e. The van der Waals surface area contributed by atoms with Gasteiger partial charge in [0.05, 0.1) is 16.0 Å². The lowest BCUT2D eigenvalue weighted by molar-refractivity contribution is -0.384. The van der Waals surface area contributed by atoms with E-state index in [0.717, 1.165) is 6.07 Å². The number of amides is 1. The minimum atomic E-state index is -0.837. The summed E-state index contributed by atoms with van der Waals surface area (Å²) < 4.78 is 13.2. The first-order chi connectivity index (χ1) is 8.97. The van der Waals surface area contributed by atoms with Crippen molar-refractivity contribution in [3.8, 4) is 0 Å². The molecule has 1 aromatic rings. The molecule has 1 fully saturated rings. The van der Waals surface area contributed by atoms with Crippen LogP contribution in [-0.2, 0) is 4.79 Å². The summed E-state index contributed by atoms with van der Waals surface area (Å²) in [6.07, 6.45) is 0.901. The molecule has 0 saturated carbocycles. The number of benzene rings is 1. The molecule has 2 N–H and O–H groups in total. The number of piperidine rings is 1. The van der Waals surface area contributed by atoms with Gasteiger partial charge in [0.15, 0.2) is 0 Å². The largest absolute Gasteiger partial charge is 0.375 e.